The van der Waals surface area contributed by atoms with Crippen LogP contribution in [0.1, 0.15) is 71.1 Å². The Hall–Kier alpha value is -0.570. The van der Waals surface area contributed by atoms with Crippen LogP contribution in [0, 0.1) is 5.92 Å². The number of hydrogen-bond donors (Lipinski definition) is 1. The molecule has 1 amide bonds. The minimum Gasteiger partial charge on any atom is -0.339 e. The smallest absolute Gasteiger partial charge is 0.222 e. The molecule has 1 saturated heterocycles. The highest BCUT2D eigenvalue weighted by molar-refractivity contribution is 5.77. The molecule has 0 aromatic rings. The van der Waals surface area contributed by atoms with Gasteiger partial charge in [0.05, 0.1) is 5.54 Å². The van der Waals surface area contributed by atoms with Crippen molar-refractivity contribution in [2.45, 2.75) is 76.7 Å². The second kappa shape index (κ2) is 6.74. The van der Waals surface area contributed by atoms with Crippen LogP contribution in [0.4, 0.5) is 0 Å². The molecule has 0 aromatic heterocycles. The van der Waals surface area contributed by atoms with E-state index in [0.29, 0.717) is 11.8 Å². The summed E-state index contributed by atoms with van der Waals surface area (Å²) in [6.45, 7) is 3.87. The lowest BCUT2D eigenvalue weighted by Gasteiger charge is -2.48. The Balaban J connectivity index is 1.47. The van der Waals surface area contributed by atoms with Crippen molar-refractivity contribution >= 4 is 5.91 Å². The SMILES string of the molecule is CCCCCCCCCC(=O)N1CC(N)(C2CC2)C1. The summed E-state index contributed by atoms with van der Waals surface area (Å²) < 4.78 is 0. The first-order valence-electron chi connectivity index (χ1n) is 8.22. The van der Waals surface area contributed by atoms with Crippen molar-refractivity contribution in [3.63, 3.8) is 0 Å². The molecule has 0 bridgehead atoms. The quantitative estimate of drug-likeness (QED) is 0.652. The second-order valence-corrected chi connectivity index (χ2v) is 6.63. The summed E-state index contributed by atoms with van der Waals surface area (Å²) in [5.74, 6) is 1.03. The lowest BCUT2D eigenvalue weighted by molar-refractivity contribution is -0.139. The molecule has 19 heavy (non-hydrogen) atoms. The van der Waals surface area contributed by atoms with Gasteiger partial charge in [-0.15, -0.1) is 0 Å². The zero-order chi connectivity index (χ0) is 13.7. The molecule has 0 atom stereocenters. The second-order valence-electron chi connectivity index (χ2n) is 6.63. The molecular weight excluding hydrogens is 236 g/mol. The van der Waals surface area contributed by atoms with Crippen LogP contribution < -0.4 is 5.73 Å². The van der Waals surface area contributed by atoms with Gasteiger partial charge in [0.2, 0.25) is 5.91 Å². The monoisotopic (exact) mass is 266 g/mol. The van der Waals surface area contributed by atoms with Crippen molar-refractivity contribution in [3.8, 4) is 0 Å². The summed E-state index contributed by atoms with van der Waals surface area (Å²) >= 11 is 0. The highest BCUT2D eigenvalue weighted by atomic mass is 16.2. The molecule has 1 heterocycles. The predicted molar refractivity (Wildman–Crippen MR) is 78.8 cm³/mol. The van der Waals surface area contributed by atoms with Crippen molar-refractivity contribution < 1.29 is 4.79 Å². The molecule has 2 fully saturated rings. The maximum atomic E-state index is 12.0. The van der Waals surface area contributed by atoms with Crippen molar-refractivity contribution in [3.05, 3.63) is 0 Å². The highest BCUT2D eigenvalue weighted by Crippen LogP contribution is 2.43. The Bertz CT molecular complexity index is 293. The number of likely N-dealkylation sites (tertiary alicyclic amines) is 1. The zero-order valence-electron chi connectivity index (χ0n) is 12.5. The molecule has 3 heteroatoms. The van der Waals surface area contributed by atoms with Gasteiger partial charge in [0.1, 0.15) is 0 Å². The summed E-state index contributed by atoms with van der Waals surface area (Å²) in [6, 6.07) is 0. The van der Waals surface area contributed by atoms with E-state index in [2.05, 4.69) is 6.92 Å². The third-order valence-corrected chi connectivity index (χ3v) is 4.71. The molecule has 0 aromatic carbocycles. The molecule has 110 valence electrons. The molecule has 1 aliphatic heterocycles. The fraction of sp³-hybridized carbons (Fsp3) is 0.938. The number of nitrogens with two attached hydrogens (primary N) is 1. The van der Waals surface area contributed by atoms with Crippen molar-refractivity contribution in [1.29, 1.82) is 0 Å². The van der Waals surface area contributed by atoms with Gasteiger partial charge >= 0.3 is 0 Å². The Kier molecular flexibility index (Phi) is 5.26. The van der Waals surface area contributed by atoms with E-state index >= 15 is 0 Å². The number of hydrogen-bond acceptors (Lipinski definition) is 2. The van der Waals surface area contributed by atoms with Crippen molar-refractivity contribution in [2.75, 3.05) is 13.1 Å². The predicted octanol–water partition coefficient (Wildman–Crippen LogP) is 3.08. The topological polar surface area (TPSA) is 46.3 Å². The number of amides is 1. The van der Waals surface area contributed by atoms with Crippen LogP contribution in [0.5, 0.6) is 0 Å². The number of rotatable bonds is 9. The molecule has 0 spiro atoms. The van der Waals surface area contributed by atoms with Crippen molar-refractivity contribution in [1.82, 2.24) is 4.90 Å². The van der Waals surface area contributed by atoms with E-state index in [1.54, 1.807) is 0 Å². The van der Waals surface area contributed by atoms with Gasteiger partial charge in [0.25, 0.3) is 0 Å². The fourth-order valence-electron chi connectivity index (χ4n) is 3.15. The maximum Gasteiger partial charge on any atom is 0.222 e. The third-order valence-electron chi connectivity index (χ3n) is 4.71. The van der Waals surface area contributed by atoms with Crippen LogP contribution >= 0.6 is 0 Å². The average molecular weight is 266 g/mol. The highest BCUT2D eigenvalue weighted by Gasteiger charge is 2.51. The van der Waals surface area contributed by atoms with Crippen LogP contribution in [0.15, 0.2) is 0 Å². The molecule has 2 aliphatic rings. The van der Waals surface area contributed by atoms with Crippen LogP contribution in [0.2, 0.25) is 0 Å². The molecule has 1 saturated carbocycles. The van der Waals surface area contributed by atoms with E-state index in [0.717, 1.165) is 25.9 Å². The van der Waals surface area contributed by atoms with Gasteiger partial charge in [0.15, 0.2) is 0 Å². The lowest BCUT2D eigenvalue weighted by Crippen LogP contribution is -2.69. The Morgan fingerprint density at radius 2 is 1.68 bits per heavy atom. The molecule has 0 radical (unpaired) electrons. The summed E-state index contributed by atoms with van der Waals surface area (Å²) in [5.41, 5.74) is 6.25. The Morgan fingerprint density at radius 3 is 2.26 bits per heavy atom. The van der Waals surface area contributed by atoms with E-state index in [1.165, 1.54) is 51.4 Å². The van der Waals surface area contributed by atoms with E-state index < -0.39 is 0 Å². The van der Waals surface area contributed by atoms with Gasteiger partial charge < -0.3 is 10.6 Å². The van der Waals surface area contributed by atoms with E-state index in [9.17, 15) is 4.79 Å². The molecule has 1 aliphatic carbocycles. The van der Waals surface area contributed by atoms with Gasteiger partial charge in [-0.1, -0.05) is 45.4 Å². The van der Waals surface area contributed by atoms with Crippen molar-refractivity contribution in [2.24, 2.45) is 11.7 Å². The van der Waals surface area contributed by atoms with Gasteiger partial charge in [-0.3, -0.25) is 4.79 Å². The normalized spacial score (nSPS) is 21.3. The number of unbranched alkanes of at least 4 members (excludes halogenated alkanes) is 6. The molecule has 2 N–H and O–H groups in total. The Morgan fingerprint density at radius 1 is 1.11 bits per heavy atom. The first kappa shape index (κ1) is 14.8. The number of carbonyl (C=O) groups excluding carboxylic acids is 1. The first-order chi connectivity index (χ1) is 9.15. The van der Waals surface area contributed by atoms with Crippen LogP contribution in [-0.4, -0.2) is 29.4 Å². The van der Waals surface area contributed by atoms with Gasteiger partial charge in [-0.2, -0.15) is 0 Å². The third kappa shape index (κ3) is 4.20. The van der Waals surface area contributed by atoms with E-state index in [-0.39, 0.29) is 5.54 Å². The standard InChI is InChI=1S/C16H30N2O/c1-2-3-4-5-6-7-8-9-15(19)18-12-16(17,13-18)14-10-11-14/h14H,2-13,17H2,1H3. The molecule has 0 unspecified atom stereocenters. The average Bonchev–Trinajstić information content (AvgIpc) is 3.18. The summed E-state index contributed by atoms with van der Waals surface area (Å²) in [6.07, 6.45) is 12.2. The van der Waals surface area contributed by atoms with E-state index in [4.69, 9.17) is 5.73 Å². The van der Waals surface area contributed by atoms with Crippen LogP contribution in [0.25, 0.3) is 0 Å². The number of nitrogens with zero attached hydrogens (tertiary/aromatic N) is 1. The molecular formula is C16H30N2O. The van der Waals surface area contributed by atoms with Crippen LogP contribution in [-0.2, 0) is 4.79 Å². The lowest BCUT2D eigenvalue weighted by atomic mass is 9.85. The van der Waals surface area contributed by atoms with Gasteiger partial charge in [-0.25, -0.2) is 0 Å². The first-order valence-corrected chi connectivity index (χ1v) is 8.22. The summed E-state index contributed by atoms with van der Waals surface area (Å²) in [5, 5.41) is 0. The van der Waals surface area contributed by atoms with Gasteiger partial charge in [-0.05, 0) is 25.2 Å². The molecule has 3 nitrogen and oxygen atoms in total. The minimum absolute atomic E-state index is 0.0180. The molecule has 2 rings (SSSR count). The number of carbonyl (C=O) groups is 1. The van der Waals surface area contributed by atoms with Crippen LogP contribution in [0.3, 0.4) is 0 Å². The summed E-state index contributed by atoms with van der Waals surface area (Å²) in [7, 11) is 0. The fourth-order valence-corrected chi connectivity index (χ4v) is 3.15. The van der Waals surface area contributed by atoms with E-state index in [1.807, 2.05) is 4.90 Å². The maximum absolute atomic E-state index is 12.0. The minimum atomic E-state index is -0.0180. The zero-order valence-corrected chi connectivity index (χ0v) is 12.5. The summed E-state index contributed by atoms with van der Waals surface area (Å²) in [4.78, 5) is 13.9. The Labute approximate surface area is 117 Å². The van der Waals surface area contributed by atoms with Gasteiger partial charge in [0, 0.05) is 19.5 Å². The largest absolute Gasteiger partial charge is 0.339 e.